The molecule has 93 valence electrons. The van der Waals surface area contributed by atoms with Crippen molar-refractivity contribution in [2.45, 2.75) is 0 Å². The number of pyridine rings is 1. The minimum Gasteiger partial charge on any atom is -0.383 e. The molecule has 5 heteroatoms. The Morgan fingerprint density at radius 2 is 2.06 bits per heavy atom. The molecule has 2 heterocycles. The van der Waals surface area contributed by atoms with Crippen molar-refractivity contribution in [1.29, 1.82) is 0 Å². The van der Waals surface area contributed by atoms with E-state index < -0.39 is 0 Å². The molecule has 2 rings (SSSR count). The van der Waals surface area contributed by atoms with Crippen LogP contribution in [0.2, 0.25) is 0 Å². The molecule has 1 N–H and O–H groups in total. The summed E-state index contributed by atoms with van der Waals surface area (Å²) >= 11 is 0. The Morgan fingerprint density at radius 1 is 1.28 bits per heavy atom. The topological polar surface area (TPSA) is 59.9 Å². The molecule has 1 radical (unpaired) electrons. The smallest absolute Gasteiger partial charge is 0.222 e. The number of methoxy groups -OCH3 is 1. The maximum Gasteiger partial charge on any atom is 0.222 e. The van der Waals surface area contributed by atoms with Crippen molar-refractivity contribution in [3.63, 3.8) is 0 Å². The Balaban J connectivity index is 2.07. The highest BCUT2D eigenvalue weighted by Gasteiger charge is 2.01. The minimum atomic E-state index is 0.585. The van der Waals surface area contributed by atoms with Crippen LogP contribution in [0, 0.1) is 6.92 Å². The summed E-state index contributed by atoms with van der Waals surface area (Å²) in [5.41, 5.74) is 2.43. The van der Waals surface area contributed by atoms with E-state index in [0.29, 0.717) is 19.1 Å². The fourth-order valence-corrected chi connectivity index (χ4v) is 1.46. The molecular weight excluding hydrogens is 228 g/mol. The number of nitrogens with one attached hydrogen (secondary N) is 1. The summed E-state index contributed by atoms with van der Waals surface area (Å²) in [5, 5.41) is 3.06. The number of hydrogen-bond acceptors (Lipinski definition) is 5. The number of hydrogen-bond donors (Lipinski definition) is 1. The van der Waals surface area contributed by atoms with Crippen LogP contribution in [0.3, 0.4) is 0 Å². The lowest BCUT2D eigenvalue weighted by atomic mass is 10.2. The van der Waals surface area contributed by atoms with Gasteiger partial charge in [0.05, 0.1) is 12.3 Å². The van der Waals surface area contributed by atoms with Crippen molar-refractivity contribution in [3.05, 3.63) is 43.2 Å². The Morgan fingerprint density at radius 3 is 2.72 bits per heavy atom. The van der Waals surface area contributed by atoms with E-state index in [-0.39, 0.29) is 0 Å². The first-order valence-electron chi connectivity index (χ1n) is 5.64. The largest absolute Gasteiger partial charge is 0.383 e. The standard InChI is InChI=1S/C13H15N4O/c1-10-4-3-5-12(17-10)11-8-15-13(16-9-11)14-6-7-18-2/h3-5,8-9H,1,6-7H2,2H3,(H,14,15,16). The van der Waals surface area contributed by atoms with E-state index in [1.807, 2.05) is 18.2 Å². The van der Waals surface area contributed by atoms with Crippen LogP contribution in [0.5, 0.6) is 0 Å². The molecule has 2 aromatic rings. The zero-order valence-electron chi connectivity index (χ0n) is 10.3. The molecular formula is C13H15N4O. The van der Waals surface area contributed by atoms with Crippen molar-refractivity contribution in [2.75, 3.05) is 25.6 Å². The normalized spacial score (nSPS) is 10.3. The van der Waals surface area contributed by atoms with Gasteiger partial charge in [0.25, 0.3) is 0 Å². The van der Waals surface area contributed by atoms with E-state index in [0.717, 1.165) is 17.0 Å². The van der Waals surface area contributed by atoms with Gasteiger partial charge in [0, 0.05) is 37.3 Å². The summed E-state index contributed by atoms with van der Waals surface area (Å²) in [5.74, 6) is 0.585. The van der Waals surface area contributed by atoms with Gasteiger partial charge in [0.2, 0.25) is 5.95 Å². The molecule has 0 spiro atoms. The molecule has 0 aliphatic carbocycles. The van der Waals surface area contributed by atoms with Gasteiger partial charge in [-0.2, -0.15) is 0 Å². The third-order valence-electron chi connectivity index (χ3n) is 2.34. The first kappa shape index (κ1) is 12.4. The summed E-state index contributed by atoms with van der Waals surface area (Å²) in [7, 11) is 1.66. The number of rotatable bonds is 5. The molecule has 18 heavy (non-hydrogen) atoms. The van der Waals surface area contributed by atoms with Gasteiger partial charge in [-0.1, -0.05) is 6.07 Å². The van der Waals surface area contributed by atoms with Gasteiger partial charge in [-0.25, -0.2) is 9.97 Å². The zero-order valence-corrected chi connectivity index (χ0v) is 10.3. The van der Waals surface area contributed by atoms with Crippen LogP contribution in [0.15, 0.2) is 30.6 Å². The average molecular weight is 243 g/mol. The van der Waals surface area contributed by atoms with Crippen molar-refractivity contribution < 1.29 is 4.74 Å². The number of anilines is 1. The van der Waals surface area contributed by atoms with E-state index in [1.165, 1.54) is 0 Å². The van der Waals surface area contributed by atoms with Gasteiger partial charge < -0.3 is 10.1 Å². The van der Waals surface area contributed by atoms with Crippen LogP contribution in [-0.2, 0) is 4.74 Å². The molecule has 0 atom stereocenters. The number of aromatic nitrogens is 3. The summed E-state index contributed by atoms with van der Waals surface area (Å²) in [4.78, 5) is 12.8. The maximum absolute atomic E-state index is 4.93. The maximum atomic E-state index is 4.93. The SMILES string of the molecule is [CH2]c1cccc(-c2cnc(NCCOC)nc2)n1. The lowest BCUT2D eigenvalue weighted by Gasteiger charge is -2.05. The van der Waals surface area contributed by atoms with E-state index >= 15 is 0 Å². The second-order valence-corrected chi connectivity index (χ2v) is 3.73. The van der Waals surface area contributed by atoms with Crippen LogP contribution < -0.4 is 5.32 Å². The predicted octanol–water partition coefficient (Wildman–Crippen LogP) is 1.78. The minimum absolute atomic E-state index is 0.585. The van der Waals surface area contributed by atoms with Crippen LogP contribution >= 0.6 is 0 Å². The van der Waals surface area contributed by atoms with Crippen LogP contribution in [0.4, 0.5) is 5.95 Å². The zero-order chi connectivity index (χ0) is 12.8. The number of ether oxygens (including phenoxy) is 1. The summed E-state index contributed by atoms with van der Waals surface area (Å²) in [6.07, 6.45) is 3.48. The highest BCUT2D eigenvalue weighted by Crippen LogP contribution is 2.15. The average Bonchev–Trinajstić information content (AvgIpc) is 2.40. The molecule has 0 saturated carbocycles. The van der Waals surface area contributed by atoms with Crippen LogP contribution in [-0.4, -0.2) is 35.2 Å². The second-order valence-electron chi connectivity index (χ2n) is 3.73. The lowest BCUT2D eigenvalue weighted by molar-refractivity contribution is 0.210. The van der Waals surface area contributed by atoms with Crippen molar-refractivity contribution in [1.82, 2.24) is 15.0 Å². The van der Waals surface area contributed by atoms with Gasteiger partial charge in [-0.15, -0.1) is 0 Å². The summed E-state index contributed by atoms with van der Waals surface area (Å²) in [6, 6.07) is 5.67. The molecule has 0 aromatic carbocycles. The van der Waals surface area contributed by atoms with Gasteiger partial charge in [-0.05, 0) is 19.1 Å². The highest BCUT2D eigenvalue weighted by molar-refractivity contribution is 5.57. The van der Waals surface area contributed by atoms with Crippen molar-refractivity contribution >= 4 is 5.95 Å². The van der Waals surface area contributed by atoms with Gasteiger partial charge in [0.1, 0.15) is 0 Å². The van der Waals surface area contributed by atoms with Gasteiger partial charge in [-0.3, -0.25) is 4.98 Å². The monoisotopic (exact) mass is 243 g/mol. The first-order chi connectivity index (χ1) is 8.79. The molecule has 0 amide bonds. The molecule has 2 aromatic heterocycles. The molecule has 0 saturated heterocycles. The highest BCUT2D eigenvalue weighted by atomic mass is 16.5. The molecule has 0 fully saturated rings. The predicted molar refractivity (Wildman–Crippen MR) is 70.1 cm³/mol. The molecule has 0 unspecified atom stereocenters. The van der Waals surface area contributed by atoms with E-state index in [9.17, 15) is 0 Å². The lowest BCUT2D eigenvalue weighted by Crippen LogP contribution is -2.09. The fraction of sp³-hybridized carbons (Fsp3) is 0.231. The second kappa shape index (κ2) is 6.07. The molecule has 0 aliphatic rings. The third kappa shape index (κ3) is 3.24. The summed E-state index contributed by atoms with van der Waals surface area (Å²) in [6.45, 7) is 5.10. The fourth-order valence-electron chi connectivity index (χ4n) is 1.46. The van der Waals surface area contributed by atoms with E-state index in [4.69, 9.17) is 4.74 Å². The molecule has 5 nitrogen and oxygen atoms in total. The molecule has 0 aliphatic heterocycles. The van der Waals surface area contributed by atoms with Crippen LogP contribution in [0.1, 0.15) is 5.69 Å². The van der Waals surface area contributed by atoms with Gasteiger partial charge >= 0.3 is 0 Å². The Hall–Kier alpha value is -2.01. The molecule has 0 bridgehead atoms. The van der Waals surface area contributed by atoms with E-state index in [2.05, 4.69) is 27.2 Å². The number of nitrogens with zero attached hydrogens (tertiary/aromatic N) is 3. The Bertz CT molecular complexity index is 499. The van der Waals surface area contributed by atoms with Crippen molar-refractivity contribution in [2.24, 2.45) is 0 Å². The van der Waals surface area contributed by atoms with Crippen LogP contribution in [0.25, 0.3) is 11.3 Å². The quantitative estimate of drug-likeness (QED) is 0.811. The Labute approximate surface area is 106 Å². The Kier molecular flexibility index (Phi) is 4.20. The first-order valence-corrected chi connectivity index (χ1v) is 5.64. The van der Waals surface area contributed by atoms with E-state index in [1.54, 1.807) is 19.5 Å². The van der Waals surface area contributed by atoms with Crippen molar-refractivity contribution in [3.8, 4) is 11.3 Å². The van der Waals surface area contributed by atoms with Gasteiger partial charge in [0.15, 0.2) is 0 Å². The third-order valence-corrected chi connectivity index (χ3v) is 2.34. The summed E-state index contributed by atoms with van der Waals surface area (Å²) < 4.78 is 4.93.